The van der Waals surface area contributed by atoms with Gasteiger partial charge < -0.3 is 20.1 Å². The molecule has 0 radical (unpaired) electrons. The summed E-state index contributed by atoms with van der Waals surface area (Å²) in [7, 11) is 0. The van der Waals surface area contributed by atoms with E-state index in [1.807, 2.05) is 32.0 Å². The SMILES string of the molecule is CCOCCOc1cc(C)ccc1CNC(=O)C1CCNC1.Cl. The summed E-state index contributed by atoms with van der Waals surface area (Å²) >= 11 is 0. The predicted octanol–water partition coefficient (Wildman–Crippen LogP) is 2.06. The van der Waals surface area contributed by atoms with Crippen molar-refractivity contribution in [1.29, 1.82) is 0 Å². The van der Waals surface area contributed by atoms with Gasteiger partial charge in [-0.3, -0.25) is 4.79 Å². The Bertz CT molecular complexity index is 491. The van der Waals surface area contributed by atoms with E-state index in [1.54, 1.807) is 0 Å². The molecule has 1 unspecified atom stereocenters. The number of ether oxygens (including phenoxy) is 2. The van der Waals surface area contributed by atoms with Gasteiger partial charge in [0, 0.05) is 25.3 Å². The molecule has 1 aromatic rings. The quantitative estimate of drug-likeness (QED) is 0.710. The fourth-order valence-corrected chi connectivity index (χ4v) is 2.50. The number of hydrogen-bond donors (Lipinski definition) is 2. The molecule has 130 valence electrons. The Hall–Kier alpha value is -1.30. The van der Waals surface area contributed by atoms with Crippen LogP contribution in [0.25, 0.3) is 0 Å². The number of aryl methyl sites for hydroxylation is 1. The summed E-state index contributed by atoms with van der Waals surface area (Å²) in [6, 6.07) is 6.05. The molecule has 1 heterocycles. The lowest BCUT2D eigenvalue weighted by Gasteiger charge is -2.14. The topological polar surface area (TPSA) is 59.6 Å². The number of carbonyl (C=O) groups excluding carboxylic acids is 1. The summed E-state index contributed by atoms with van der Waals surface area (Å²) in [6.07, 6.45) is 0.914. The number of nitrogens with one attached hydrogen (secondary N) is 2. The Balaban J connectivity index is 0.00000264. The molecule has 1 aliphatic heterocycles. The van der Waals surface area contributed by atoms with Crippen molar-refractivity contribution in [2.24, 2.45) is 5.92 Å². The van der Waals surface area contributed by atoms with Gasteiger partial charge in [0.2, 0.25) is 5.91 Å². The van der Waals surface area contributed by atoms with Crippen LogP contribution in [0.15, 0.2) is 18.2 Å². The van der Waals surface area contributed by atoms with Gasteiger partial charge in [-0.1, -0.05) is 12.1 Å². The van der Waals surface area contributed by atoms with Gasteiger partial charge in [0.15, 0.2) is 0 Å². The molecule has 1 saturated heterocycles. The van der Waals surface area contributed by atoms with Gasteiger partial charge in [0.1, 0.15) is 12.4 Å². The maximum Gasteiger partial charge on any atom is 0.224 e. The third-order valence-electron chi connectivity index (χ3n) is 3.80. The summed E-state index contributed by atoms with van der Waals surface area (Å²) in [6.45, 7) is 7.98. The number of hydrogen-bond acceptors (Lipinski definition) is 4. The number of rotatable bonds is 8. The van der Waals surface area contributed by atoms with Crippen molar-refractivity contribution in [3.63, 3.8) is 0 Å². The second-order valence-electron chi connectivity index (χ2n) is 5.56. The maximum atomic E-state index is 12.1. The van der Waals surface area contributed by atoms with Crippen molar-refractivity contribution < 1.29 is 14.3 Å². The highest BCUT2D eigenvalue weighted by molar-refractivity contribution is 5.85. The first-order chi connectivity index (χ1) is 10.7. The van der Waals surface area contributed by atoms with E-state index in [0.717, 1.165) is 36.4 Å². The average molecular weight is 343 g/mol. The van der Waals surface area contributed by atoms with E-state index in [2.05, 4.69) is 10.6 Å². The molecule has 1 aromatic carbocycles. The van der Waals surface area contributed by atoms with E-state index < -0.39 is 0 Å². The lowest BCUT2D eigenvalue weighted by Crippen LogP contribution is -2.31. The molecular formula is C17H27ClN2O3. The summed E-state index contributed by atoms with van der Waals surface area (Å²) in [5, 5.41) is 6.22. The third kappa shape index (κ3) is 6.37. The highest BCUT2D eigenvalue weighted by atomic mass is 35.5. The van der Waals surface area contributed by atoms with Crippen LogP contribution in [0.2, 0.25) is 0 Å². The van der Waals surface area contributed by atoms with Crippen molar-refractivity contribution in [3.05, 3.63) is 29.3 Å². The van der Waals surface area contributed by atoms with Gasteiger partial charge in [0.05, 0.1) is 12.5 Å². The molecule has 6 heteroatoms. The first-order valence-electron chi connectivity index (χ1n) is 7.99. The van der Waals surface area contributed by atoms with E-state index in [9.17, 15) is 4.79 Å². The molecule has 1 fully saturated rings. The van der Waals surface area contributed by atoms with E-state index in [0.29, 0.717) is 26.4 Å². The molecule has 1 atom stereocenters. The van der Waals surface area contributed by atoms with Crippen LogP contribution in [0, 0.1) is 12.8 Å². The molecular weight excluding hydrogens is 316 g/mol. The highest BCUT2D eigenvalue weighted by Gasteiger charge is 2.22. The lowest BCUT2D eigenvalue weighted by molar-refractivity contribution is -0.124. The van der Waals surface area contributed by atoms with Crippen LogP contribution in [-0.4, -0.2) is 38.8 Å². The zero-order chi connectivity index (χ0) is 15.8. The first-order valence-corrected chi connectivity index (χ1v) is 7.99. The van der Waals surface area contributed by atoms with Crippen LogP contribution in [0.3, 0.4) is 0 Å². The summed E-state index contributed by atoms with van der Waals surface area (Å²) in [4.78, 5) is 12.1. The zero-order valence-corrected chi connectivity index (χ0v) is 14.7. The lowest BCUT2D eigenvalue weighted by atomic mass is 10.1. The normalized spacial score (nSPS) is 16.7. The highest BCUT2D eigenvalue weighted by Crippen LogP contribution is 2.20. The van der Waals surface area contributed by atoms with Crippen LogP contribution in [0.5, 0.6) is 5.75 Å². The van der Waals surface area contributed by atoms with Crippen LogP contribution in [0.4, 0.5) is 0 Å². The molecule has 0 aliphatic carbocycles. The molecule has 23 heavy (non-hydrogen) atoms. The molecule has 2 N–H and O–H groups in total. The Morgan fingerprint density at radius 1 is 1.39 bits per heavy atom. The van der Waals surface area contributed by atoms with Crippen molar-refractivity contribution >= 4 is 18.3 Å². The van der Waals surface area contributed by atoms with Gasteiger partial charge in [-0.05, 0) is 38.4 Å². The van der Waals surface area contributed by atoms with E-state index in [1.165, 1.54) is 0 Å². The van der Waals surface area contributed by atoms with Crippen molar-refractivity contribution in [2.75, 3.05) is 32.9 Å². The van der Waals surface area contributed by atoms with Crippen molar-refractivity contribution in [2.45, 2.75) is 26.8 Å². The molecule has 5 nitrogen and oxygen atoms in total. The van der Waals surface area contributed by atoms with Gasteiger partial charge >= 0.3 is 0 Å². The van der Waals surface area contributed by atoms with Crippen molar-refractivity contribution in [3.8, 4) is 5.75 Å². The number of amides is 1. The predicted molar refractivity (Wildman–Crippen MR) is 93.2 cm³/mol. The minimum absolute atomic E-state index is 0. The molecule has 1 amide bonds. The average Bonchev–Trinajstić information content (AvgIpc) is 3.05. The van der Waals surface area contributed by atoms with E-state index in [4.69, 9.17) is 9.47 Å². The largest absolute Gasteiger partial charge is 0.491 e. The number of benzene rings is 1. The Morgan fingerprint density at radius 3 is 2.91 bits per heavy atom. The molecule has 0 spiro atoms. The fraction of sp³-hybridized carbons (Fsp3) is 0.588. The minimum Gasteiger partial charge on any atom is -0.491 e. The van der Waals surface area contributed by atoms with Gasteiger partial charge in [-0.15, -0.1) is 12.4 Å². The van der Waals surface area contributed by atoms with Gasteiger partial charge in [-0.25, -0.2) is 0 Å². The van der Waals surface area contributed by atoms with Crippen LogP contribution < -0.4 is 15.4 Å². The second-order valence-corrected chi connectivity index (χ2v) is 5.56. The number of carbonyl (C=O) groups is 1. The maximum absolute atomic E-state index is 12.1. The summed E-state index contributed by atoms with van der Waals surface area (Å²) < 4.78 is 11.1. The molecule has 0 aromatic heterocycles. The third-order valence-corrected chi connectivity index (χ3v) is 3.80. The van der Waals surface area contributed by atoms with E-state index in [-0.39, 0.29) is 24.2 Å². The Morgan fingerprint density at radius 2 is 2.22 bits per heavy atom. The molecule has 2 rings (SSSR count). The molecule has 0 bridgehead atoms. The van der Waals surface area contributed by atoms with E-state index >= 15 is 0 Å². The zero-order valence-electron chi connectivity index (χ0n) is 13.9. The van der Waals surface area contributed by atoms with Crippen LogP contribution >= 0.6 is 12.4 Å². The van der Waals surface area contributed by atoms with Crippen LogP contribution in [0.1, 0.15) is 24.5 Å². The van der Waals surface area contributed by atoms with Crippen molar-refractivity contribution in [1.82, 2.24) is 10.6 Å². The summed E-state index contributed by atoms with van der Waals surface area (Å²) in [5.74, 6) is 1.03. The fourth-order valence-electron chi connectivity index (χ4n) is 2.50. The minimum atomic E-state index is 0. The monoisotopic (exact) mass is 342 g/mol. The number of halogens is 1. The second kappa shape index (κ2) is 10.5. The first kappa shape index (κ1) is 19.7. The van der Waals surface area contributed by atoms with Gasteiger partial charge in [0.25, 0.3) is 0 Å². The smallest absolute Gasteiger partial charge is 0.224 e. The Labute approximate surface area is 144 Å². The van der Waals surface area contributed by atoms with Gasteiger partial charge in [-0.2, -0.15) is 0 Å². The molecule has 1 aliphatic rings. The summed E-state index contributed by atoms with van der Waals surface area (Å²) in [5.41, 5.74) is 2.14. The Kier molecular flexibility index (Phi) is 8.99. The standard InChI is InChI=1S/C17H26N2O3.ClH/c1-3-21-8-9-22-16-10-13(2)4-5-14(16)12-19-17(20)15-6-7-18-11-15;/h4-5,10,15,18H,3,6-9,11-12H2,1-2H3,(H,19,20);1H. The van der Waals surface area contributed by atoms with Crippen LogP contribution in [-0.2, 0) is 16.1 Å². The molecule has 0 saturated carbocycles.